The number of aryl methyl sites for hydroxylation is 1. The highest BCUT2D eigenvalue weighted by Gasteiger charge is 2.11. The van der Waals surface area contributed by atoms with Crippen molar-refractivity contribution in [3.8, 4) is 5.75 Å². The van der Waals surface area contributed by atoms with Crippen molar-refractivity contribution in [3.05, 3.63) is 35.7 Å². The lowest BCUT2D eigenvalue weighted by atomic mass is 10.1. The summed E-state index contributed by atoms with van der Waals surface area (Å²) in [4.78, 5) is 4.28. The van der Waals surface area contributed by atoms with Gasteiger partial charge in [0.05, 0.1) is 7.11 Å². The van der Waals surface area contributed by atoms with Crippen LogP contribution in [0.5, 0.6) is 5.75 Å². The van der Waals surface area contributed by atoms with Crippen LogP contribution in [-0.2, 0) is 0 Å². The Morgan fingerprint density at radius 2 is 2.24 bits per heavy atom. The summed E-state index contributed by atoms with van der Waals surface area (Å²) in [5.41, 5.74) is 1.21. The van der Waals surface area contributed by atoms with Gasteiger partial charge in [-0.3, -0.25) is 5.10 Å². The molecule has 0 unspecified atom stereocenters. The maximum Gasteiger partial charge on any atom is 0.209 e. The van der Waals surface area contributed by atoms with E-state index in [9.17, 15) is 0 Å². The molecule has 1 aromatic carbocycles. The zero-order valence-corrected chi connectivity index (χ0v) is 10.9. The van der Waals surface area contributed by atoms with Crippen molar-refractivity contribution < 1.29 is 4.74 Å². The van der Waals surface area contributed by atoms with E-state index in [-0.39, 0.29) is 0 Å². The van der Waals surface area contributed by atoms with Crippen molar-refractivity contribution in [2.45, 2.75) is 24.3 Å². The first-order chi connectivity index (χ1) is 8.19. The smallest absolute Gasteiger partial charge is 0.209 e. The van der Waals surface area contributed by atoms with Crippen molar-refractivity contribution >= 4 is 11.8 Å². The Bertz CT molecular complexity index is 498. The molecule has 1 aromatic heterocycles. The number of hydrogen-bond acceptors (Lipinski definition) is 4. The minimum Gasteiger partial charge on any atom is -0.497 e. The Hall–Kier alpha value is -1.49. The third kappa shape index (κ3) is 3.00. The molecule has 0 amide bonds. The van der Waals surface area contributed by atoms with Crippen LogP contribution in [0.15, 0.2) is 29.4 Å². The molecule has 1 atom stereocenters. The van der Waals surface area contributed by atoms with Gasteiger partial charge in [-0.2, -0.15) is 0 Å². The summed E-state index contributed by atoms with van der Waals surface area (Å²) >= 11 is 1.63. The summed E-state index contributed by atoms with van der Waals surface area (Å²) in [5, 5.41) is 8.03. The molecule has 17 heavy (non-hydrogen) atoms. The Morgan fingerprint density at radius 1 is 1.41 bits per heavy atom. The van der Waals surface area contributed by atoms with Crippen LogP contribution in [0.25, 0.3) is 0 Å². The SMILES string of the molecule is COc1cccc([C@@H](C)Sc2n[nH]c(C)n2)c1. The quantitative estimate of drug-likeness (QED) is 0.846. The molecule has 90 valence electrons. The zero-order chi connectivity index (χ0) is 12.3. The van der Waals surface area contributed by atoms with Crippen LogP contribution in [0.4, 0.5) is 0 Å². The molecule has 2 rings (SSSR count). The minimum atomic E-state index is 0.292. The Morgan fingerprint density at radius 3 is 2.88 bits per heavy atom. The minimum absolute atomic E-state index is 0.292. The first kappa shape index (κ1) is 12.0. The number of thioether (sulfide) groups is 1. The van der Waals surface area contributed by atoms with Crippen LogP contribution in [0.3, 0.4) is 0 Å². The highest BCUT2D eigenvalue weighted by Crippen LogP contribution is 2.33. The average Bonchev–Trinajstić information content (AvgIpc) is 2.75. The largest absolute Gasteiger partial charge is 0.497 e. The number of hydrogen-bond donors (Lipinski definition) is 1. The highest BCUT2D eigenvalue weighted by molar-refractivity contribution is 7.99. The van der Waals surface area contributed by atoms with Gasteiger partial charge in [-0.15, -0.1) is 5.10 Å². The lowest BCUT2D eigenvalue weighted by Crippen LogP contribution is -1.91. The average molecular weight is 249 g/mol. The second kappa shape index (κ2) is 5.23. The molecule has 0 radical (unpaired) electrons. The van der Waals surface area contributed by atoms with E-state index in [1.165, 1.54) is 5.56 Å². The first-order valence-electron chi connectivity index (χ1n) is 5.38. The van der Waals surface area contributed by atoms with Gasteiger partial charge in [-0.25, -0.2) is 4.98 Å². The monoisotopic (exact) mass is 249 g/mol. The number of methoxy groups -OCH3 is 1. The summed E-state index contributed by atoms with van der Waals surface area (Å²) in [6.45, 7) is 4.03. The van der Waals surface area contributed by atoms with E-state index in [4.69, 9.17) is 4.74 Å². The van der Waals surface area contributed by atoms with E-state index in [2.05, 4.69) is 28.2 Å². The molecule has 2 aromatic rings. The standard InChI is InChI=1S/C12H15N3OS/c1-8(17-12-13-9(2)14-15-12)10-5-4-6-11(7-10)16-3/h4-8H,1-3H3,(H,13,14,15)/t8-/m1/s1. The molecule has 0 aliphatic heterocycles. The molecule has 4 nitrogen and oxygen atoms in total. The Kier molecular flexibility index (Phi) is 3.68. The van der Waals surface area contributed by atoms with Crippen LogP contribution in [0, 0.1) is 6.92 Å². The van der Waals surface area contributed by atoms with E-state index < -0.39 is 0 Å². The van der Waals surface area contributed by atoms with Gasteiger partial charge >= 0.3 is 0 Å². The number of H-pyrrole nitrogens is 1. The molecular formula is C12H15N3OS. The van der Waals surface area contributed by atoms with Gasteiger partial charge in [0.1, 0.15) is 11.6 Å². The summed E-state index contributed by atoms with van der Waals surface area (Å²) in [5.74, 6) is 1.71. The predicted molar refractivity (Wildman–Crippen MR) is 68.4 cm³/mol. The zero-order valence-electron chi connectivity index (χ0n) is 10.1. The Labute approximate surface area is 105 Å². The van der Waals surface area contributed by atoms with Crippen molar-refractivity contribution in [1.82, 2.24) is 15.2 Å². The number of nitrogens with one attached hydrogen (secondary N) is 1. The van der Waals surface area contributed by atoms with E-state index in [1.807, 2.05) is 25.1 Å². The third-order valence-corrected chi connectivity index (χ3v) is 3.44. The summed E-state index contributed by atoms with van der Waals surface area (Å²) in [7, 11) is 1.68. The van der Waals surface area contributed by atoms with Gasteiger partial charge in [0, 0.05) is 5.25 Å². The van der Waals surface area contributed by atoms with Gasteiger partial charge in [-0.1, -0.05) is 23.9 Å². The van der Waals surface area contributed by atoms with Crippen molar-refractivity contribution in [2.24, 2.45) is 0 Å². The molecule has 0 bridgehead atoms. The second-order valence-corrected chi connectivity index (χ2v) is 5.05. The van der Waals surface area contributed by atoms with Crippen molar-refractivity contribution in [1.29, 1.82) is 0 Å². The normalized spacial score (nSPS) is 12.4. The van der Waals surface area contributed by atoms with Crippen LogP contribution >= 0.6 is 11.8 Å². The van der Waals surface area contributed by atoms with E-state index >= 15 is 0 Å². The third-order valence-electron chi connectivity index (χ3n) is 2.42. The Balaban J connectivity index is 2.11. The number of benzene rings is 1. The topological polar surface area (TPSA) is 50.8 Å². The van der Waals surface area contributed by atoms with Gasteiger partial charge in [0.25, 0.3) is 0 Å². The molecule has 5 heteroatoms. The predicted octanol–water partition coefficient (Wildman–Crippen LogP) is 2.98. The number of aromatic amines is 1. The van der Waals surface area contributed by atoms with E-state index in [0.717, 1.165) is 16.7 Å². The fourth-order valence-corrected chi connectivity index (χ4v) is 2.38. The molecule has 1 N–H and O–H groups in total. The summed E-state index contributed by atoms with van der Waals surface area (Å²) in [6, 6.07) is 8.06. The molecule has 0 aliphatic rings. The highest BCUT2D eigenvalue weighted by atomic mass is 32.2. The molecule has 0 saturated carbocycles. The number of rotatable bonds is 4. The molecule has 0 saturated heterocycles. The number of ether oxygens (including phenoxy) is 1. The fraction of sp³-hybridized carbons (Fsp3) is 0.333. The van der Waals surface area contributed by atoms with Crippen LogP contribution < -0.4 is 4.74 Å². The van der Waals surface area contributed by atoms with Crippen LogP contribution in [0.1, 0.15) is 23.6 Å². The van der Waals surface area contributed by atoms with Crippen LogP contribution in [-0.4, -0.2) is 22.3 Å². The summed E-state index contributed by atoms with van der Waals surface area (Å²) in [6.07, 6.45) is 0. The molecule has 0 aliphatic carbocycles. The molecule has 0 spiro atoms. The maximum absolute atomic E-state index is 5.21. The molecular weight excluding hydrogens is 234 g/mol. The molecule has 1 heterocycles. The maximum atomic E-state index is 5.21. The van der Waals surface area contributed by atoms with Crippen LogP contribution in [0.2, 0.25) is 0 Å². The van der Waals surface area contributed by atoms with Gasteiger partial charge in [0.2, 0.25) is 5.16 Å². The van der Waals surface area contributed by atoms with Gasteiger partial charge in [-0.05, 0) is 31.5 Å². The van der Waals surface area contributed by atoms with E-state index in [1.54, 1.807) is 18.9 Å². The number of aromatic nitrogens is 3. The lowest BCUT2D eigenvalue weighted by Gasteiger charge is -2.10. The molecule has 0 fully saturated rings. The van der Waals surface area contributed by atoms with Gasteiger partial charge < -0.3 is 4.74 Å². The fourth-order valence-electron chi connectivity index (χ4n) is 1.50. The summed E-state index contributed by atoms with van der Waals surface area (Å²) < 4.78 is 5.21. The van der Waals surface area contributed by atoms with E-state index in [0.29, 0.717) is 5.25 Å². The lowest BCUT2D eigenvalue weighted by molar-refractivity contribution is 0.414. The van der Waals surface area contributed by atoms with Crippen molar-refractivity contribution in [2.75, 3.05) is 7.11 Å². The first-order valence-corrected chi connectivity index (χ1v) is 6.26. The number of nitrogens with zero attached hydrogens (tertiary/aromatic N) is 2. The van der Waals surface area contributed by atoms with Crippen molar-refractivity contribution in [3.63, 3.8) is 0 Å². The van der Waals surface area contributed by atoms with Gasteiger partial charge in [0.15, 0.2) is 0 Å². The second-order valence-electron chi connectivity index (χ2n) is 3.74.